The maximum absolute atomic E-state index is 12.6. The number of nitrogens with one attached hydrogen (secondary N) is 1. The minimum atomic E-state index is -4.01. The van der Waals surface area contributed by atoms with E-state index in [1.807, 2.05) is 26.0 Å². The van der Waals surface area contributed by atoms with Crippen LogP contribution in [0.25, 0.3) is 0 Å². The summed E-state index contributed by atoms with van der Waals surface area (Å²) in [4.78, 5) is 24.6. The summed E-state index contributed by atoms with van der Waals surface area (Å²) in [5.41, 5.74) is 1.77. The van der Waals surface area contributed by atoms with Crippen molar-refractivity contribution < 1.29 is 13.2 Å². The Morgan fingerprint density at radius 2 is 1.48 bits per heavy atom. The molecular weight excluding hydrogens is 366 g/mol. The average Bonchev–Trinajstić information content (AvgIpc) is 2.98. The van der Waals surface area contributed by atoms with Crippen molar-refractivity contribution in [2.75, 3.05) is 5.32 Å². The zero-order valence-corrected chi connectivity index (χ0v) is 15.7. The highest BCUT2D eigenvalue weighted by atomic mass is 32.2. The number of hydrogen-bond donors (Lipinski definition) is 1. The van der Waals surface area contributed by atoms with Crippen molar-refractivity contribution in [3.05, 3.63) is 82.5 Å². The number of anilines is 1. The summed E-state index contributed by atoms with van der Waals surface area (Å²) in [6.07, 6.45) is 2.43. The molecule has 0 aliphatic rings. The zero-order valence-electron chi connectivity index (χ0n) is 14.9. The van der Waals surface area contributed by atoms with Crippen LogP contribution < -0.4 is 11.0 Å². The number of aromatic nitrogens is 2. The molecule has 1 heterocycles. The Morgan fingerprint density at radius 3 is 2.07 bits per heavy atom. The summed E-state index contributed by atoms with van der Waals surface area (Å²) in [5, 5.41) is 2.67. The van der Waals surface area contributed by atoms with E-state index in [-0.39, 0.29) is 11.4 Å². The van der Waals surface area contributed by atoms with Gasteiger partial charge >= 0.3 is 5.69 Å². The van der Waals surface area contributed by atoms with Crippen LogP contribution in [-0.4, -0.2) is 22.9 Å². The number of imidazole rings is 1. The van der Waals surface area contributed by atoms with Crippen LogP contribution in [0.15, 0.2) is 70.6 Å². The van der Waals surface area contributed by atoms with Gasteiger partial charge in [-0.1, -0.05) is 35.4 Å². The van der Waals surface area contributed by atoms with Crippen LogP contribution in [0, 0.1) is 13.8 Å². The first-order valence-electron chi connectivity index (χ1n) is 8.24. The van der Waals surface area contributed by atoms with Gasteiger partial charge in [-0.2, -0.15) is 3.97 Å². The van der Waals surface area contributed by atoms with Crippen LogP contribution in [0.3, 0.4) is 0 Å². The lowest BCUT2D eigenvalue weighted by Gasteiger charge is -2.06. The van der Waals surface area contributed by atoms with Gasteiger partial charge in [0.15, 0.2) is 0 Å². The molecule has 27 heavy (non-hydrogen) atoms. The Morgan fingerprint density at radius 1 is 0.926 bits per heavy atom. The van der Waals surface area contributed by atoms with E-state index >= 15 is 0 Å². The van der Waals surface area contributed by atoms with Gasteiger partial charge in [0.25, 0.3) is 10.0 Å². The van der Waals surface area contributed by atoms with E-state index < -0.39 is 21.6 Å². The van der Waals surface area contributed by atoms with Gasteiger partial charge in [-0.15, -0.1) is 0 Å². The number of nitrogens with zero attached hydrogens (tertiary/aromatic N) is 2. The molecule has 8 heteroatoms. The Bertz CT molecular complexity index is 1120. The molecule has 140 valence electrons. The van der Waals surface area contributed by atoms with E-state index in [0.29, 0.717) is 9.66 Å². The van der Waals surface area contributed by atoms with Crippen molar-refractivity contribution in [2.24, 2.45) is 0 Å². The van der Waals surface area contributed by atoms with E-state index in [9.17, 15) is 18.0 Å². The maximum Gasteiger partial charge on any atom is 0.342 e. The lowest BCUT2D eigenvalue weighted by molar-refractivity contribution is -0.116. The quantitative estimate of drug-likeness (QED) is 0.729. The van der Waals surface area contributed by atoms with E-state index in [1.165, 1.54) is 18.3 Å². The van der Waals surface area contributed by atoms with Crippen LogP contribution in [0.1, 0.15) is 11.1 Å². The fraction of sp³-hybridized carbons (Fsp3) is 0.158. The van der Waals surface area contributed by atoms with Crippen molar-refractivity contribution in [1.29, 1.82) is 0 Å². The molecule has 7 nitrogen and oxygen atoms in total. The summed E-state index contributed by atoms with van der Waals surface area (Å²) in [5.74, 6) is -0.425. The van der Waals surface area contributed by atoms with Crippen molar-refractivity contribution >= 4 is 21.6 Å². The molecule has 0 unspecified atom stereocenters. The molecule has 0 spiro atoms. The van der Waals surface area contributed by atoms with Crippen molar-refractivity contribution in [3.63, 3.8) is 0 Å². The molecule has 0 bridgehead atoms. The average molecular weight is 385 g/mol. The second-order valence-corrected chi connectivity index (χ2v) is 8.05. The summed E-state index contributed by atoms with van der Waals surface area (Å²) in [6.45, 7) is 3.48. The van der Waals surface area contributed by atoms with Crippen molar-refractivity contribution in [3.8, 4) is 0 Å². The summed E-state index contributed by atoms with van der Waals surface area (Å²) in [6, 6.07) is 13.4. The lowest BCUT2D eigenvalue weighted by atomic mass is 10.2. The molecule has 1 N–H and O–H groups in total. The Balaban J connectivity index is 1.80. The number of rotatable bonds is 5. The monoisotopic (exact) mass is 385 g/mol. The highest BCUT2D eigenvalue weighted by Gasteiger charge is 2.21. The Hall–Kier alpha value is -3.13. The SMILES string of the molecule is Cc1ccc(NC(=O)Cn2ccn(S(=O)(=O)c3ccc(C)cc3)c2=O)cc1. The van der Waals surface area contributed by atoms with Gasteiger partial charge in [0.05, 0.1) is 4.90 Å². The molecule has 1 amide bonds. The molecule has 1 aromatic heterocycles. The molecule has 0 saturated carbocycles. The minimum Gasteiger partial charge on any atom is -0.325 e. The van der Waals surface area contributed by atoms with Crippen LogP contribution in [0.4, 0.5) is 5.69 Å². The van der Waals surface area contributed by atoms with Crippen LogP contribution in [0.2, 0.25) is 0 Å². The van der Waals surface area contributed by atoms with Gasteiger partial charge in [-0.05, 0) is 38.1 Å². The molecule has 0 atom stereocenters. The first kappa shape index (κ1) is 18.7. The third-order valence-electron chi connectivity index (χ3n) is 4.04. The second kappa shape index (κ2) is 7.24. The first-order valence-corrected chi connectivity index (χ1v) is 9.68. The van der Waals surface area contributed by atoms with Crippen LogP contribution in [-0.2, 0) is 21.4 Å². The highest BCUT2D eigenvalue weighted by molar-refractivity contribution is 7.90. The summed E-state index contributed by atoms with van der Waals surface area (Å²) in [7, 11) is -4.01. The molecule has 3 aromatic rings. The topological polar surface area (TPSA) is 90.2 Å². The molecule has 0 radical (unpaired) electrons. The number of carbonyl (C=O) groups excluding carboxylic acids is 1. The largest absolute Gasteiger partial charge is 0.342 e. The van der Waals surface area contributed by atoms with Crippen LogP contribution >= 0.6 is 0 Å². The fourth-order valence-corrected chi connectivity index (χ4v) is 3.75. The third kappa shape index (κ3) is 4.01. The van der Waals surface area contributed by atoms with E-state index in [0.717, 1.165) is 21.9 Å². The standard InChI is InChI=1S/C19H19N3O4S/c1-14-3-7-16(8-4-14)20-18(23)13-21-11-12-22(19(21)24)27(25,26)17-9-5-15(2)6-10-17/h3-12H,13H2,1-2H3,(H,20,23). The third-order valence-corrected chi connectivity index (χ3v) is 5.71. The van der Waals surface area contributed by atoms with Crippen LogP contribution in [0.5, 0.6) is 0 Å². The zero-order chi connectivity index (χ0) is 19.6. The van der Waals surface area contributed by atoms with Crippen molar-refractivity contribution in [2.45, 2.75) is 25.3 Å². The molecule has 0 aliphatic carbocycles. The molecule has 0 aliphatic heterocycles. The summed E-state index contributed by atoms with van der Waals surface area (Å²) >= 11 is 0. The maximum atomic E-state index is 12.6. The molecule has 0 saturated heterocycles. The minimum absolute atomic E-state index is 0.0112. The fourth-order valence-electron chi connectivity index (χ4n) is 2.51. The Labute approximate surface area is 156 Å². The van der Waals surface area contributed by atoms with E-state index in [4.69, 9.17) is 0 Å². The molecular formula is C19H19N3O4S. The highest BCUT2D eigenvalue weighted by Crippen LogP contribution is 2.13. The van der Waals surface area contributed by atoms with Crippen molar-refractivity contribution in [1.82, 2.24) is 8.54 Å². The first-order chi connectivity index (χ1) is 12.8. The summed E-state index contributed by atoms with van der Waals surface area (Å²) < 4.78 is 27.0. The predicted molar refractivity (Wildman–Crippen MR) is 102 cm³/mol. The molecule has 0 fully saturated rings. The van der Waals surface area contributed by atoms with Gasteiger partial charge in [-0.25, -0.2) is 13.2 Å². The van der Waals surface area contributed by atoms with Gasteiger partial charge in [0, 0.05) is 18.1 Å². The van der Waals surface area contributed by atoms with E-state index in [2.05, 4.69) is 5.32 Å². The number of carbonyl (C=O) groups is 1. The van der Waals surface area contributed by atoms with Gasteiger partial charge in [0.2, 0.25) is 5.91 Å². The smallest absolute Gasteiger partial charge is 0.325 e. The van der Waals surface area contributed by atoms with Gasteiger partial charge in [-0.3, -0.25) is 9.36 Å². The normalized spacial score (nSPS) is 11.3. The molecule has 2 aromatic carbocycles. The predicted octanol–water partition coefficient (Wildman–Crippen LogP) is 2.14. The number of aryl methyl sites for hydroxylation is 2. The lowest BCUT2D eigenvalue weighted by Crippen LogP contribution is -2.32. The number of amides is 1. The second-order valence-electron chi connectivity index (χ2n) is 6.24. The van der Waals surface area contributed by atoms with E-state index in [1.54, 1.807) is 24.3 Å². The Kier molecular flexibility index (Phi) is 5.00. The van der Waals surface area contributed by atoms with Gasteiger partial charge < -0.3 is 5.32 Å². The number of hydrogen-bond acceptors (Lipinski definition) is 4. The number of benzene rings is 2. The van der Waals surface area contributed by atoms with Gasteiger partial charge in [0.1, 0.15) is 6.54 Å². The molecule has 3 rings (SSSR count).